The van der Waals surface area contributed by atoms with Gasteiger partial charge in [0.1, 0.15) is 0 Å². The highest BCUT2D eigenvalue weighted by molar-refractivity contribution is 7.89. The van der Waals surface area contributed by atoms with Gasteiger partial charge in [-0.3, -0.25) is 4.79 Å². The Morgan fingerprint density at radius 3 is 2.50 bits per heavy atom. The van der Waals surface area contributed by atoms with E-state index in [1.165, 1.54) is 12.1 Å². The van der Waals surface area contributed by atoms with Crippen LogP contribution in [-0.2, 0) is 21.3 Å². The van der Waals surface area contributed by atoms with Crippen LogP contribution in [0.2, 0.25) is 0 Å². The largest absolute Gasteiger partial charge is 0.377 e. The number of benzene rings is 2. The van der Waals surface area contributed by atoms with Crippen LogP contribution in [0.4, 0.5) is 0 Å². The maximum Gasteiger partial charge on any atom is 0.253 e. The molecule has 1 saturated heterocycles. The second kappa shape index (κ2) is 10.1. The van der Waals surface area contributed by atoms with Gasteiger partial charge in [0.25, 0.3) is 5.91 Å². The molecule has 34 heavy (non-hydrogen) atoms. The van der Waals surface area contributed by atoms with E-state index in [-0.39, 0.29) is 23.5 Å². The Labute approximate surface area is 200 Å². The lowest BCUT2D eigenvalue weighted by Crippen LogP contribution is -2.32. The molecule has 1 aliphatic rings. The van der Waals surface area contributed by atoms with E-state index in [4.69, 9.17) is 4.74 Å². The van der Waals surface area contributed by atoms with Gasteiger partial charge in [-0.25, -0.2) is 17.8 Å². The van der Waals surface area contributed by atoms with Crippen molar-refractivity contribution in [1.82, 2.24) is 19.4 Å². The second-order valence-electron chi connectivity index (χ2n) is 8.57. The number of aromatic nitrogens is 2. The summed E-state index contributed by atoms with van der Waals surface area (Å²) in [6.07, 6.45) is 1.72. The highest BCUT2D eigenvalue weighted by atomic mass is 32.2. The molecule has 8 nitrogen and oxygen atoms in total. The van der Waals surface area contributed by atoms with E-state index >= 15 is 0 Å². The molecule has 9 heteroatoms. The average molecular weight is 483 g/mol. The Morgan fingerprint density at radius 1 is 1.15 bits per heavy atom. The van der Waals surface area contributed by atoms with Crippen LogP contribution < -0.4 is 4.72 Å². The smallest absolute Gasteiger partial charge is 0.253 e. The molecular weight excluding hydrogens is 452 g/mol. The first-order valence-electron chi connectivity index (χ1n) is 11.3. The summed E-state index contributed by atoms with van der Waals surface area (Å²) < 4.78 is 35.1. The zero-order valence-electron chi connectivity index (χ0n) is 19.7. The predicted octanol–water partition coefficient (Wildman–Crippen LogP) is 3.22. The number of rotatable bonds is 8. The summed E-state index contributed by atoms with van der Waals surface area (Å²) in [5.41, 5.74) is 4.21. The Hall–Kier alpha value is -3.01. The molecule has 1 fully saturated rings. The molecule has 0 bridgehead atoms. The minimum absolute atomic E-state index is 0.0811. The van der Waals surface area contributed by atoms with E-state index in [9.17, 15) is 13.2 Å². The molecule has 1 amide bonds. The number of carbonyl (C=O) groups excluding carboxylic acids is 1. The predicted molar refractivity (Wildman–Crippen MR) is 129 cm³/mol. The van der Waals surface area contributed by atoms with Crippen molar-refractivity contribution in [1.29, 1.82) is 0 Å². The number of hydrogen-bond acceptors (Lipinski definition) is 5. The van der Waals surface area contributed by atoms with E-state index in [2.05, 4.69) is 9.82 Å². The molecule has 2 aromatic carbocycles. The Bertz CT molecular complexity index is 1250. The van der Waals surface area contributed by atoms with Gasteiger partial charge in [0, 0.05) is 43.6 Å². The van der Waals surface area contributed by atoms with Crippen LogP contribution in [-0.4, -0.2) is 55.3 Å². The molecule has 3 aromatic rings. The number of nitrogens with one attached hydrogen (secondary N) is 1. The minimum atomic E-state index is -3.66. The average Bonchev–Trinajstić information content (AvgIpc) is 3.47. The van der Waals surface area contributed by atoms with Gasteiger partial charge in [-0.05, 0) is 63.1 Å². The van der Waals surface area contributed by atoms with Gasteiger partial charge in [-0.2, -0.15) is 5.10 Å². The van der Waals surface area contributed by atoms with Crippen LogP contribution in [0.1, 0.15) is 40.2 Å². The molecule has 0 spiro atoms. The molecule has 0 aliphatic carbocycles. The molecular formula is C25H30N4O4S. The third-order valence-corrected chi connectivity index (χ3v) is 7.56. The number of sulfonamides is 1. The third kappa shape index (κ3) is 5.22. The van der Waals surface area contributed by atoms with Crippen molar-refractivity contribution in [3.05, 3.63) is 77.1 Å². The van der Waals surface area contributed by atoms with Crippen LogP contribution >= 0.6 is 0 Å². The van der Waals surface area contributed by atoms with Gasteiger partial charge < -0.3 is 9.64 Å². The topological polar surface area (TPSA) is 93.5 Å². The first kappa shape index (κ1) is 24.1. The molecule has 1 aliphatic heterocycles. The van der Waals surface area contributed by atoms with Crippen molar-refractivity contribution in [3.8, 4) is 5.69 Å². The van der Waals surface area contributed by atoms with Crippen molar-refractivity contribution < 1.29 is 17.9 Å². The lowest BCUT2D eigenvalue weighted by atomic mass is 10.1. The summed E-state index contributed by atoms with van der Waals surface area (Å²) in [7, 11) is -1.93. The number of hydrogen-bond donors (Lipinski definition) is 1. The number of aryl methyl sites for hydroxylation is 1. The van der Waals surface area contributed by atoms with Gasteiger partial charge in [-0.1, -0.05) is 18.2 Å². The normalized spacial score (nSPS) is 16.0. The van der Waals surface area contributed by atoms with Gasteiger partial charge >= 0.3 is 0 Å². The zero-order chi connectivity index (χ0) is 24.3. The number of carbonyl (C=O) groups is 1. The highest BCUT2D eigenvalue weighted by Gasteiger charge is 2.22. The number of amides is 1. The lowest BCUT2D eigenvalue weighted by molar-refractivity contribution is 0.0784. The van der Waals surface area contributed by atoms with Crippen LogP contribution in [0, 0.1) is 13.8 Å². The van der Waals surface area contributed by atoms with E-state index in [0.717, 1.165) is 35.5 Å². The summed E-state index contributed by atoms with van der Waals surface area (Å²) in [6.45, 7) is 5.24. The van der Waals surface area contributed by atoms with E-state index < -0.39 is 10.0 Å². The summed E-state index contributed by atoms with van der Waals surface area (Å²) in [5.74, 6) is -0.192. The van der Waals surface area contributed by atoms with Gasteiger partial charge in [0.15, 0.2) is 0 Å². The maximum atomic E-state index is 13.0. The molecule has 1 N–H and O–H groups in total. The number of nitrogens with zero attached hydrogens (tertiary/aromatic N) is 3. The van der Waals surface area contributed by atoms with Crippen LogP contribution in [0.15, 0.2) is 59.5 Å². The summed E-state index contributed by atoms with van der Waals surface area (Å²) in [5, 5.41) is 4.65. The molecule has 0 saturated carbocycles. The quantitative estimate of drug-likeness (QED) is 0.532. The summed E-state index contributed by atoms with van der Waals surface area (Å²) in [4.78, 5) is 14.8. The molecule has 2 heterocycles. The zero-order valence-corrected chi connectivity index (χ0v) is 20.5. The Balaban J connectivity index is 1.43. The third-order valence-electron chi connectivity index (χ3n) is 6.12. The molecule has 0 radical (unpaired) electrons. The summed E-state index contributed by atoms with van der Waals surface area (Å²) in [6, 6.07) is 15.9. The molecule has 1 atom stereocenters. The monoisotopic (exact) mass is 482 g/mol. The molecule has 0 unspecified atom stereocenters. The maximum absolute atomic E-state index is 13.0. The Morgan fingerprint density at radius 2 is 1.85 bits per heavy atom. The molecule has 1 aromatic heterocycles. The van der Waals surface area contributed by atoms with Crippen molar-refractivity contribution in [3.63, 3.8) is 0 Å². The summed E-state index contributed by atoms with van der Waals surface area (Å²) >= 11 is 0. The van der Waals surface area contributed by atoms with E-state index in [0.29, 0.717) is 18.7 Å². The highest BCUT2D eigenvalue weighted by Crippen LogP contribution is 2.20. The minimum Gasteiger partial charge on any atom is -0.377 e. The fourth-order valence-electron chi connectivity index (χ4n) is 4.12. The SMILES string of the molecule is Cc1nn(-c2ccccc2)c(C)c1CN(C)C(=O)c1ccc(S(=O)(=O)NC[C@H]2CCCO2)cc1. The number of ether oxygens (including phenoxy) is 1. The first-order chi connectivity index (χ1) is 16.3. The van der Waals surface area contributed by atoms with Crippen molar-refractivity contribution in [2.75, 3.05) is 20.2 Å². The van der Waals surface area contributed by atoms with Crippen molar-refractivity contribution >= 4 is 15.9 Å². The fourth-order valence-corrected chi connectivity index (χ4v) is 5.19. The van der Waals surface area contributed by atoms with E-state index in [1.54, 1.807) is 24.1 Å². The first-order valence-corrected chi connectivity index (χ1v) is 12.8. The van der Waals surface area contributed by atoms with Crippen LogP contribution in [0.25, 0.3) is 5.69 Å². The van der Waals surface area contributed by atoms with Crippen molar-refractivity contribution in [2.45, 2.75) is 44.2 Å². The molecule has 4 rings (SSSR count). The van der Waals surface area contributed by atoms with Gasteiger partial charge in [-0.15, -0.1) is 0 Å². The molecule has 180 valence electrons. The van der Waals surface area contributed by atoms with Crippen molar-refractivity contribution in [2.24, 2.45) is 0 Å². The van der Waals surface area contributed by atoms with Gasteiger partial charge in [0.05, 0.1) is 22.4 Å². The number of para-hydroxylation sites is 1. The lowest BCUT2D eigenvalue weighted by Gasteiger charge is -2.18. The van der Waals surface area contributed by atoms with Crippen LogP contribution in [0.5, 0.6) is 0 Å². The standard InChI is InChI=1S/C25H30N4O4S/c1-18-24(19(2)29(27-18)21-8-5-4-6-9-21)17-28(3)25(30)20-11-13-23(14-12-20)34(31,32)26-16-22-10-7-15-33-22/h4-6,8-9,11-14,22,26H,7,10,15-17H2,1-3H3/t22-/m1/s1. The van der Waals surface area contributed by atoms with E-state index in [1.807, 2.05) is 48.9 Å². The second-order valence-corrected chi connectivity index (χ2v) is 10.3. The van der Waals surface area contributed by atoms with Crippen LogP contribution in [0.3, 0.4) is 0 Å². The van der Waals surface area contributed by atoms with Gasteiger partial charge in [0.2, 0.25) is 10.0 Å². The Kier molecular flexibility index (Phi) is 7.16. The fraction of sp³-hybridized carbons (Fsp3) is 0.360.